The number of imidazole rings is 1. The zero-order valence-corrected chi connectivity index (χ0v) is 24.0. The maximum absolute atomic E-state index is 13.1. The van der Waals surface area contributed by atoms with E-state index in [0.29, 0.717) is 48.0 Å². The Morgan fingerprint density at radius 2 is 1.73 bits per heavy atom. The summed E-state index contributed by atoms with van der Waals surface area (Å²) in [7, 11) is 0. The minimum Gasteiger partial charge on any atom is -0.478 e. The summed E-state index contributed by atoms with van der Waals surface area (Å²) in [5.41, 5.74) is 3.03. The first-order valence-electron chi connectivity index (χ1n) is 14.5. The number of aromatic nitrogens is 5. The molecule has 12 heteroatoms. The molecule has 12 nitrogen and oxygen atoms in total. The van der Waals surface area contributed by atoms with Crippen LogP contribution in [0.5, 0.6) is 0 Å². The average molecular weight is 594 g/mol. The van der Waals surface area contributed by atoms with Crippen molar-refractivity contribution in [2.24, 2.45) is 0 Å². The van der Waals surface area contributed by atoms with E-state index in [2.05, 4.69) is 25.6 Å². The fourth-order valence-electron chi connectivity index (χ4n) is 5.04. The van der Waals surface area contributed by atoms with Gasteiger partial charge in [-0.3, -0.25) is 18.7 Å². The van der Waals surface area contributed by atoms with Crippen molar-refractivity contribution in [2.45, 2.75) is 51.9 Å². The lowest BCUT2D eigenvalue weighted by Gasteiger charge is -2.09. The predicted molar refractivity (Wildman–Crippen MR) is 165 cm³/mol. The number of carbonyl (C=O) groups excluding carboxylic acids is 1. The Balaban J connectivity index is 1.08. The van der Waals surface area contributed by atoms with Gasteiger partial charge in [0, 0.05) is 43.0 Å². The van der Waals surface area contributed by atoms with Crippen LogP contribution in [0.2, 0.25) is 0 Å². The third-order valence-corrected chi connectivity index (χ3v) is 7.53. The molecule has 3 aromatic heterocycles. The monoisotopic (exact) mass is 593 g/mol. The quantitative estimate of drug-likeness (QED) is 0.179. The minimum atomic E-state index is -1.08. The number of nitrogens with zero attached hydrogens (tertiary/aromatic N) is 4. The molecule has 0 unspecified atom stereocenters. The van der Waals surface area contributed by atoms with E-state index in [1.807, 2.05) is 43.3 Å². The van der Waals surface area contributed by atoms with Crippen LogP contribution < -0.4 is 21.9 Å². The summed E-state index contributed by atoms with van der Waals surface area (Å²) in [5.74, 6) is -0.293. The predicted octanol–water partition coefficient (Wildman–Crippen LogP) is 3.93. The normalized spacial score (nSPS) is 12.8. The van der Waals surface area contributed by atoms with Crippen molar-refractivity contribution in [1.29, 1.82) is 0 Å². The molecule has 224 valence electrons. The molecule has 0 bridgehead atoms. The molecule has 0 saturated heterocycles. The summed E-state index contributed by atoms with van der Waals surface area (Å²) in [6.07, 6.45) is 4.08. The number of carboxylic acids is 1. The van der Waals surface area contributed by atoms with Gasteiger partial charge in [-0.2, -0.15) is 0 Å². The molecule has 0 radical (unpaired) electrons. The van der Waals surface area contributed by atoms with Gasteiger partial charge in [0.05, 0.1) is 5.56 Å². The van der Waals surface area contributed by atoms with E-state index in [0.717, 1.165) is 30.4 Å². The standard InChI is InChI=1S/C32H31N7O5/c1-2-14-38-28-26(30(41)39(32(38)44)24-11-12-24)36-27(37-28)23-10-13-25(34-18-23)33-16-19-6-8-20(9-7-19)17-35-29(40)21-4-3-5-22(15-21)31(42)43/h3-10,13,15,18,24H,2,11-12,14,16-17H2,1H3,(H,33,34)(H,35,40)(H,36,37)(H,42,43). The lowest BCUT2D eigenvalue weighted by Crippen LogP contribution is -2.39. The lowest BCUT2D eigenvalue weighted by atomic mass is 10.1. The largest absolute Gasteiger partial charge is 0.478 e. The maximum Gasteiger partial charge on any atom is 0.335 e. The van der Waals surface area contributed by atoms with Gasteiger partial charge in [0.2, 0.25) is 0 Å². The van der Waals surface area contributed by atoms with E-state index in [1.54, 1.807) is 22.9 Å². The summed E-state index contributed by atoms with van der Waals surface area (Å²) >= 11 is 0. The van der Waals surface area contributed by atoms with Crippen LogP contribution >= 0.6 is 0 Å². The highest BCUT2D eigenvalue weighted by Gasteiger charge is 2.30. The number of nitrogens with one attached hydrogen (secondary N) is 3. The van der Waals surface area contributed by atoms with E-state index in [4.69, 9.17) is 5.11 Å². The fraction of sp³-hybridized carbons (Fsp3) is 0.250. The number of rotatable bonds is 11. The molecule has 1 saturated carbocycles. The molecule has 44 heavy (non-hydrogen) atoms. The number of fused-ring (bicyclic) bond motifs is 1. The van der Waals surface area contributed by atoms with Gasteiger partial charge >= 0.3 is 11.7 Å². The van der Waals surface area contributed by atoms with E-state index < -0.39 is 5.97 Å². The second-order valence-corrected chi connectivity index (χ2v) is 10.8. The van der Waals surface area contributed by atoms with E-state index in [9.17, 15) is 19.2 Å². The van der Waals surface area contributed by atoms with Crippen LogP contribution in [0.3, 0.4) is 0 Å². The lowest BCUT2D eigenvalue weighted by molar-refractivity contribution is 0.0697. The second kappa shape index (κ2) is 12.0. The van der Waals surface area contributed by atoms with Gasteiger partial charge in [0.1, 0.15) is 17.2 Å². The topological polar surface area (TPSA) is 164 Å². The molecular weight excluding hydrogens is 562 g/mol. The third kappa shape index (κ3) is 5.87. The molecule has 3 heterocycles. The summed E-state index contributed by atoms with van der Waals surface area (Å²) in [6.45, 7) is 3.29. The van der Waals surface area contributed by atoms with Crippen LogP contribution in [-0.4, -0.2) is 41.1 Å². The van der Waals surface area contributed by atoms with Crippen molar-refractivity contribution in [3.8, 4) is 11.4 Å². The van der Waals surface area contributed by atoms with Crippen LogP contribution in [0, 0.1) is 0 Å². The molecular formula is C32H31N7O5. The number of carboxylic acid groups (broad SMARTS) is 1. The van der Waals surface area contributed by atoms with Gasteiger partial charge < -0.3 is 20.7 Å². The maximum atomic E-state index is 13.1. The first-order chi connectivity index (χ1) is 21.3. The van der Waals surface area contributed by atoms with Crippen LogP contribution in [0.25, 0.3) is 22.6 Å². The van der Waals surface area contributed by atoms with Gasteiger partial charge in [0.25, 0.3) is 11.5 Å². The number of aryl methyl sites for hydroxylation is 1. The SMILES string of the molecule is CCCn1c(=O)n(C2CC2)c(=O)c2[nH]c(-c3ccc(NCc4ccc(CNC(=O)c5cccc(C(=O)O)c5)cc4)nc3)nc21. The highest BCUT2D eigenvalue weighted by molar-refractivity contribution is 5.97. The Morgan fingerprint density at radius 3 is 2.39 bits per heavy atom. The van der Waals surface area contributed by atoms with Crippen molar-refractivity contribution in [2.75, 3.05) is 5.32 Å². The molecule has 1 amide bonds. The van der Waals surface area contributed by atoms with Crippen LogP contribution in [0.15, 0.2) is 76.4 Å². The number of anilines is 1. The van der Waals surface area contributed by atoms with Crippen molar-refractivity contribution in [3.63, 3.8) is 0 Å². The Hall–Kier alpha value is -5.52. The molecule has 0 atom stereocenters. The Morgan fingerprint density at radius 1 is 1.00 bits per heavy atom. The molecule has 0 spiro atoms. The molecule has 4 N–H and O–H groups in total. The summed E-state index contributed by atoms with van der Waals surface area (Å²) in [5, 5.41) is 15.2. The van der Waals surface area contributed by atoms with Gasteiger partial charge in [-0.25, -0.2) is 19.6 Å². The number of aromatic carboxylic acids is 1. The van der Waals surface area contributed by atoms with Crippen molar-refractivity contribution >= 4 is 28.9 Å². The highest BCUT2D eigenvalue weighted by Crippen LogP contribution is 2.32. The minimum absolute atomic E-state index is 0.0336. The molecule has 2 aromatic carbocycles. The fourth-order valence-corrected chi connectivity index (χ4v) is 5.04. The van der Waals surface area contributed by atoms with E-state index in [-0.39, 0.29) is 34.3 Å². The first kappa shape index (κ1) is 28.6. The van der Waals surface area contributed by atoms with Crippen molar-refractivity contribution < 1.29 is 14.7 Å². The van der Waals surface area contributed by atoms with Crippen LogP contribution in [0.1, 0.15) is 64.1 Å². The smallest absolute Gasteiger partial charge is 0.335 e. The molecule has 1 aliphatic carbocycles. The van der Waals surface area contributed by atoms with Crippen molar-refractivity contribution in [1.82, 2.24) is 29.4 Å². The van der Waals surface area contributed by atoms with Crippen molar-refractivity contribution in [3.05, 3.63) is 110 Å². The Bertz CT molecular complexity index is 1970. The van der Waals surface area contributed by atoms with Crippen LogP contribution in [0.4, 0.5) is 5.82 Å². The number of aromatic amines is 1. The molecule has 5 aromatic rings. The van der Waals surface area contributed by atoms with E-state index >= 15 is 0 Å². The second-order valence-electron chi connectivity index (χ2n) is 10.8. The van der Waals surface area contributed by atoms with Gasteiger partial charge in [-0.05, 0) is 60.7 Å². The average Bonchev–Trinajstić information content (AvgIpc) is 3.78. The summed E-state index contributed by atoms with van der Waals surface area (Å²) < 4.78 is 2.94. The zero-order valence-electron chi connectivity index (χ0n) is 24.0. The number of amides is 1. The molecule has 0 aliphatic heterocycles. The first-order valence-corrected chi connectivity index (χ1v) is 14.5. The summed E-state index contributed by atoms with van der Waals surface area (Å²) in [6, 6.07) is 17.3. The van der Waals surface area contributed by atoms with E-state index in [1.165, 1.54) is 16.7 Å². The molecule has 6 rings (SSSR count). The number of hydrogen-bond donors (Lipinski definition) is 4. The molecule has 1 aliphatic rings. The highest BCUT2D eigenvalue weighted by atomic mass is 16.4. The van der Waals surface area contributed by atoms with Gasteiger partial charge in [-0.15, -0.1) is 0 Å². The number of H-pyrrole nitrogens is 1. The van der Waals surface area contributed by atoms with Gasteiger partial charge in [-0.1, -0.05) is 37.3 Å². The van der Waals surface area contributed by atoms with Crippen LogP contribution in [-0.2, 0) is 19.6 Å². The Kier molecular flexibility index (Phi) is 7.80. The Labute approximate surface area is 251 Å². The molecule has 1 fully saturated rings. The summed E-state index contributed by atoms with van der Waals surface area (Å²) in [4.78, 5) is 62.0. The number of pyridine rings is 1. The number of benzene rings is 2. The zero-order chi connectivity index (χ0) is 30.8. The third-order valence-electron chi connectivity index (χ3n) is 7.53. The number of hydrogen-bond acceptors (Lipinski definition) is 7. The number of carbonyl (C=O) groups is 2. The van der Waals surface area contributed by atoms with Gasteiger partial charge in [0.15, 0.2) is 5.65 Å².